The van der Waals surface area contributed by atoms with Gasteiger partial charge in [0, 0.05) is 18.3 Å². The molecular formula is C14H13N3O. The first-order chi connectivity index (χ1) is 8.83. The zero-order chi connectivity index (χ0) is 12.8. The number of aromatic nitrogens is 1. The van der Waals surface area contributed by atoms with Gasteiger partial charge in [0.05, 0.1) is 30.1 Å². The molecule has 1 heterocycles. The molecular weight excluding hydrogens is 226 g/mol. The van der Waals surface area contributed by atoms with Crippen molar-refractivity contribution in [3.8, 4) is 6.07 Å². The Morgan fingerprint density at radius 3 is 3.00 bits per heavy atom. The Bertz CT molecular complexity index is 575. The summed E-state index contributed by atoms with van der Waals surface area (Å²) >= 11 is 0. The van der Waals surface area contributed by atoms with Crippen LogP contribution in [-0.4, -0.2) is 10.1 Å². The third-order valence-corrected chi connectivity index (χ3v) is 2.62. The van der Waals surface area contributed by atoms with Crippen molar-refractivity contribution in [3.63, 3.8) is 0 Å². The van der Waals surface area contributed by atoms with Gasteiger partial charge in [-0.05, 0) is 23.8 Å². The molecule has 1 aromatic carbocycles. The lowest BCUT2D eigenvalue weighted by Crippen LogP contribution is -2.03. The van der Waals surface area contributed by atoms with E-state index < -0.39 is 0 Å². The van der Waals surface area contributed by atoms with Crippen molar-refractivity contribution >= 4 is 5.69 Å². The number of nitriles is 1. The molecule has 0 unspecified atom stereocenters. The van der Waals surface area contributed by atoms with Gasteiger partial charge in [-0.2, -0.15) is 5.26 Å². The molecule has 0 radical (unpaired) electrons. The van der Waals surface area contributed by atoms with Crippen molar-refractivity contribution in [2.45, 2.75) is 13.2 Å². The number of pyridine rings is 1. The Morgan fingerprint density at radius 2 is 2.22 bits per heavy atom. The normalized spacial score (nSPS) is 9.78. The molecule has 0 saturated heterocycles. The van der Waals surface area contributed by atoms with Crippen LogP contribution in [0.3, 0.4) is 0 Å². The van der Waals surface area contributed by atoms with Crippen LogP contribution in [0, 0.1) is 11.3 Å². The van der Waals surface area contributed by atoms with Crippen molar-refractivity contribution in [2.75, 3.05) is 5.32 Å². The highest BCUT2D eigenvalue weighted by molar-refractivity contribution is 5.49. The van der Waals surface area contributed by atoms with Gasteiger partial charge in [-0.25, -0.2) is 0 Å². The summed E-state index contributed by atoms with van der Waals surface area (Å²) in [4.78, 5) is 4.01. The maximum absolute atomic E-state index is 9.19. The van der Waals surface area contributed by atoms with Gasteiger partial charge in [0.15, 0.2) is 0 Å². The standard InChI is InChI=1S/C14H13N3O/c15-7-11-2-1-3-12(6-11)8-17-14-9-16-5-4-13(14)10-18/h1-6,9,17-18H,8,10H2. The van der Waals surface area contributed by atoms with E-state index in [1.165, 1.54) is 0 Å². The second kappa shape index (κ2) is 5.80. The lowest BCUT2D eigenvalue weighted by atomic mass is 10.1. The van der Waals surface area contributed by atoms with Gasteiger partial charge in [0.25, 0.3) is 0 Å². The van der Waals surface area contributed by atoms with Gasteiger partial charge in [-0.3, -0.25) is 4.98 Å². The molecule has 0 spiro atoms. The second-order valence-electron chi connectivity index (χ2n) is 3.86. The highest BCUT2D eigenvalue weighted by Crippen LogP contribution is 2.14. The number of anilines is 1. The third kappa shape index (κ3) is 2.84. The summed E-state index contributed by atoms with van der Waals surface area (Å²) in [7, 11) is 0. The highest BCUT2D eigenvalue weighted by Gasteiger charge is 2.01. The van der Waals surface area contributed by atoms with E-state index in [0.717, 1.165) is 16.8 Å². The number of rotatable bonds is 4. The maximum Gasteiger partial charge on any atom is 0.0991 e. The van der Waals surface area contributed by atoms with Crippen molar-refractivity contribution < 1.29 is 5.11 Å². The van der Waals surface area contributed by atoms with E-state index in [4.69, 9.17) is 5.26 Å². The Morgan fingerprint density at radius 1 is 1.33 bits per heavy atom. The number of hydrogen-bond acceptors (Lipinski definition) is 4. The highest BCUT2D eigenvalue weighted by atomic mass is 16.3. The van der Waals surface area contributed by atoms with Crippen LogP contribution in [0.2, 0.25) is 0 Å². The molecule has 18 heavy (non-hydrogen) atoms. The average molecular weight is 239 g/mol. The quantitative estimate of drug-likeness (QED) is 0.856. The van der Waals surface area contributed by atoms with Crippen LogP contribution in [0.5, 0.6) is 0 Å². The van der Waals surface area contributed by atoms with Crippen LogP contribution in [0.25, 0.3) is 0 Å². The summed E-state index contributed by atoms with van der Waals surface area (Å²) < 4.78 is 0. The number of aliphatic hydroxyl groups is 1. The van der Waals surface area contributed by atoms with Crippen molar-refractivity contribution in [1.82, 2.24) is 4.98 Å². The Hall–Kier alpha value is -2.38. The number of aliphatic hydroxyl groups excluding tert-OH is 1. The Kier molecular flexibility index (Phi) is 3.90. The van der Waals surface area contributed by atoms with E-state index in [9.17, 15) is 5.11 Å². The topological polar surface area (TPSA) is 68.9 Å². The Balaban J connectivity index is 2.09. The third-order valence-electron chi connectivity index (χ3n) is 2.62. The largest absolute Gasteiger partial charge is 0.392 e. The molecule has 0 fully saturated rings. The average Bonchev–Trinajstić information content (AvgIpc) is 2.45. The predicted molar refractivity (Wildman–Crippen MR) is 68.6 cm³/mol. The van der Waals surface area contributed by atoms with Crippen molar-refractivity contribution in [2.24, 2.45) is 0 Å². The van der Waals surface area contributed by atoms with Gasteiger partial charge >= 0.3 is 0 Å². The van der Waals surface area contributed by atoms with Gasteiger partial charge < -0.3 is 10.4 Å². The molecule has 2 N–H and O–H groups in total. The predicted octanol–water partition coefficient (Wildman–Crippen LogP) is 2.06. The van der Waals surface area contributed by atoms with Crippen molar-refractivity contribution in [1.29, 1.82) is 5.26 Å². The van der Waals surface area contributed by atoms with Crippen LogP contribution < -0.4 is 5.32 Å². The molecule has 4 nitrogen and oxygen atoms in total. The molecule has 4 heteroatoms. The smallest absolute Gasteiger partial charge is 0.0991 e. The van der Waals surface area contributed by atoms with Gasteiger partial charge in [0.2, 0.25) is 0 Å². The van der Waals surface area contributed by atoms with Crippen LogP contribution in [0.4, 0.5) is 5.69 Å². The number of hydrogen-bond donors (Lipinski definition) is 2. The first kappa shape index (κ1) is 12.1. The van der Waals surface area contributed by atoms with E-state index in [2.05, 4.69) is 16.4 Å². The van der Waals surface area contributed by atoms with Gasteiger partial charge in [-0.15, -0.1) is 0 Å². The van der Waals surface area contributed by atoms with E-state index in [-0.39, 0.29) is 6.61 Å². The zero-order valence-electron chi connectivity index (χ0n) is 9.80. The summed E-state index contributed by atoms with van der Waals surface area (Å²) in [5.74, 6) is 0. The maximum atomic E-state index is 9.19. The van der Waals surface area contributed by atoms with E-state index in [1.54, 1.807) is 24.5 Å². The summed E-state index contributed by atoms with van der Waals surface area (Å²) in [6, 6.07) is 11.3. The summed E-state index contributed by atoms with van der Waals surface area (Å²) in [6.07, 6.45) is 3.33. The minimum atomic E-state index is -0.0247. The zero-order valence-corrected chi connectivity index (χ0v) is 9.80. The van der Waals surface area contributed by atoms with E-state index in [1.807, 2.05) is 18.2 Å². The lowest BCUT2D eigenvalue weighted by molar-refractivity contribution is 0.282. The van der Waals surface area contributed by atoms with Gasteiger partial charge in [-0.1, -0.05) is 12.1 Å². The number of benzene rings is 1. The minimum absolute atomic E-state index is 0.0247. The Labute approximate surface area is 106 Å². The summed E-state index contributed by atoms with van der Waals surface area (Å²) in [6.45, 7) is 0.567. The monoisotopic (exact) mass is 239 g/mol. The molecule has 90 valence electrons. The minimum Gasteiger partial charge on any atom is -0.392 e. The van der Waals surface area contributed by atoms with E-state index in [0.29, 0.717) is 12.1 Å². The molecule has 0 atom stereocenters. The number of nitrogens with one attached hydrogen (secondary N) is 1. The summed E-state index contributed by atoms with van der Waals surface area (Å²) in [5.41, 5.74) is 3.27. The van der Waals surface area contributed by atoms with E-state index >= 15 is 0 Å². The molecule has 2 rings (SSSR count). The molecule has 0 saturated carbocycles. The van der Waals surface area contributed by atoms with Gasteiger partial charge in [0.1, 0.15) is 0 Å². The molecule has 1 aromatic heterocycles. The molecule has 0 amide bonds. The number of nitrogens with zero attached hydrogens (tertiary/aromatic N) is 2. The fourth-order valence-corrected chi connectivity index (χ4v) is 1.67. The van der Waals surface area contributed by atoms with Crippen LogP contribution in [-0.2, 0) is 13.2 Å². The molecule has 0 aliphatic carbocycles. The second-order valence-corrected chi connectivity index (χ2v) is 3.86. The molecule has 0 aliphatic heterocycles. The molecule has 0 bridgehead atoms. The lowest BCUT2D eigenvalue weighted by Gasteiger charge is -2.09. The summed E-state index contributed by atoms with van der Waals surface area (Å²) in [5, 5.41) is 21.2. The van der Waals surface area contributed by atoms with Crippen LogP contribution in [0.1, 0.15) is 16.7 Å². The molecule has 2 aromatic rings. The fourth-order valence-electron chi connectivity index (χ4n) is 1.67. The SMILES string of the molecule is N#Cc1cccc(CNc2cnccc2CO)c1. The first-order valence-corrected chi connectivity index (χ1v) is 5.60. The van der Waals surface area contributed by atoms with Crippen LogP contribution in [0.15, 0.2) is 42.7 Å². The first-order valence-electron chi connectivity index (χ1n) is 5.60. The molecule has 0 aliphatic rings. The van der Waals surface area contributed by atoms with Crippen LogP contribution >= 0.6 is 0 Å². The van der Waals surface area contributed by atoms with Crippen molar-refractivity contribution in [3.05, 3.63) is 59.4 Å². The fraction of sp³-hybridized carbons (Fsp3) is 0.143.